The maximum absolute atomic E-state index is 11.5. The Labute approximate surface area is 93.8 Å². The molecule has 0 bridgehead atoms. The fraction of sp³-hybridized carbons (Fsp3) is 0.800. The van der Waals surface area contributed by atoms with E-state index in [0.29, 0.717) is 13.0 Å². The van der Waals surface area contributed by atoms with Gasteiger partial charge in [0.05, 0.1) is 15.2 Å². The minimum atomic E-state index is -0.486. The highest BCUT2D eigenvalue weighted by Gasteiger charge is 2.17. The van der Waals surface area contributed by atoms with Crippen LogP contribution in [0.3, 0.4) is 0 Å². The van der Waals surface area contributed by atoms with Gasteiger partial charge in [0.1, 0.15) is 0 Å². The van der Waals surface area contributed by atoms with Crippen molar-refractivity contribution < 1.29 is 14.3 Å². The van der Waals surface area contributed by atoms with Crippen LogP contribution in [0.5, 0.6) is 0 Å². The Balaban J connectivity index is 4.07. The molecule has 88 valence electrons. The van der Waals surface area contributed by atoms with Gasteiger partial charge in [0.2, 0.25) is 6.41 Å². The Morgan fingerprint density at radius 2 is 2.20 bits per heavy atom. The van der Waals surface area contributed by atoms with Gasteiger partial charge in [-0.2, -0.15) is 0 Å². The summed E-state index contributed by atoms with van der Waals surface area (Å²) in [5.41, 5.74) is 0.0570. The molecule has 0 saturated heterocycles. The highest BCUT2D eigenvalue weighted by atomic mass is 28.2. The molecule has 0 aliphatic carbocycles. The standard InChI is InChI=1S/C10H21NO3Si/c1-4-6-7-11(8-12)10(13)14-9(5-2)15-3/h8-9H,4-7,15H2,1-3H3. The van der Waals surface area contributed by atoms with Crippen LogP contribution in [0.4, 0.5) is 4.79 Å². The summed E-state index contributed by atoms with van der Waals surface area (Å²) in [5, 5.41) is 0. The van der Waals surface area contributed by atoms with Gasteiger partial charge in [-0.3, -0.25) is 9.69 Å². The van der Waals surface area contributed by atoms with Crippen LogP contribution in [0.15, 0.2) is 0 Å². The third kappa shape index (κ3) is 5.56. The highest BCUT2D eigenvalue weighted by molar-refractivity contribution is 6.35. The average molecular weight is 231 g/mol. The zero-order valence-corrected chi connectivity index (χ0v) is 11.3. The molecule has 0 heterocycles. The summed E-state index contributed by atoms with van der Waals surface area (Å²) >= 11 is 0. The molecule has 0 saturated carbocycles. The molecule has 4 nitrogen and oxygen atoms in total. The number of carbonyl (C=O) groups is 2. The molecule has 0 aromatic rings. The first-order valence-electron chi connectivity index (χ1n) is 5.62. The Hall–Kier alpha value is -0.843. The lowest BCUT2D eigenvalue weighted by Gasteiger charge is -2.19. The van der Waals surface area contributed by atoms with Crippen LogP contribution >= 0.6 is 0 Å². The topological polar surface area (TPSA) is 46.6 Å². The molecule has 0 N–H and O–H groups in total. The summed E-state index contributed by atoms with van der Waals surface area (Å²) in [6, 6.07) is 0. The van der Waals surface area contributed by atoms with E-state index in [4.69, 9.17) is 4.74 Å². The van der Waals surface area contributed by atoms with Crippen LogP contribution in [0.2, 0.25) is 6.55 Å². The fourth-order valence-corrected chi connectivity index (χ4v) is 2.07. The molecule has 1 atom stereocenters. The van der Waals surface area contributed by atoms with Crippen LogP contribution in [-0.4, -0.2) is 39.2 Å². The molecule has 0 radical (unpaired) electrons. The van der Waals surface area contributed by atoms with Crippen molar-refractivity contribution in [3.05, 3.63) is 0 Å². The second-order valence-corrected chi connectivity index (χ2v) is 5.20. The number of ether oxygens (including phenoxy) is 1. The van der Waals surface area contributed by atoms with E-state index in [1.165, 1.54) is 0 Å². The third-order valence-electron chi connectivity index (χ3n) is 2.29. The maximum atomic E-state index is 11.5. The quantitative estimate of drug-likeness (QED) is 0.490. The second kappa shape index (κ2) is 8.46. The maximum Gasteiger partial charge on any atom is 0.416 e. The molecular formula is C10H21NO3Si. The largest absolute Gasteiger partial charge is 0.450 e. The van der Waals surface area contributed by atoms with Crippen molar-refractivity contribution in [3.8, 4) is 0 Å². The number of hydrogen-bond acceptors (Lipinski definition) is 3. The zero-order chi connectivity index (χ0) is 11.7. The van der Waals surface area contributed by atoms with E-state index < -0.39 is 6.09 Å². The number of hydrogen-bond donors (Lipinski definition) is 0. The lowest BCUT2D eigenvalue weighted by atomic mass is 10.3. The first kappa shape index (κ1) is 14.2. The number of nitrogens with zero attached hydrogens (tertiary/aromatic N) is 1. The molecule has 0 aliphatic rings. The first-order chi connectivity index (χ1) is 7.19. The van der Waals surface area contributed by atoms with Gasteiger partial charge in [0.15, 0.2) is 0 Å². The van der Waals surface area contributed by atoms with Crippen molar-refractivity contribution in [3.63, 3.8) is 0 Å². The van der Waals surface area contributed by atoms with Gasteiger partial charge in [0.25, 0.3) is 0 Å². The van der Waals surface area contributed by atoms with Crippen molar-refractivity contribution in [2.45, 2.75) is 45.4 Å². The molecule has 5 heteroatoms. The van der Waals surface area contributed by atoms with Gasteiger partial charge in [-0.05, 0) is 12.8 Å². The summed E-state index contributed by atoms with van der Waals surface area (Å²) in [6.45, 7) is 6.56. The van der Waals surface area contributed by atoms with Gasteiger partial charge < -0.3 is 4.74 Å². The number of unbranched alkanes of at least 4 members (excludes halogenated alkanes) is 1. The molecule has 0 aromatic heterocycles. The van der Waals surface area contributed by atoms with Crippen molar-refractivity contribution >= 4 is 22.0 Å². The predicted octanol–water partition coefficient (Wildman–Crippen LogP) is 1.33. The number of amides is 2. The predicted molar refractivity (Wildman–Crippen MR) is 62.6 cm³/mol. The van der Waals surface area contributed by atoms with Gasteiger partial charge >= 0.3 is 6.09 Å². The lowest BCUT2D eigenvalue weighted by Crippen LogP contribution is -2.35. The minimum Gasteiger partial charge on any atom is -0.450 e. The van der Waals surface area contributed by atoms with E-state index >= 15 is 0 Å². The minimum absolute atomic E-state index is 0.0570. The molecule has 1 unspecified atom stereocenters. The van der Waals surface area contributed by atoms with Crippen LogP contribution in [0.1, 0.15) is 33.1 Å². The smallest absolute Gasteiger partial charge is 0.416 e. The Kier molecular flexibility index (Phi) is 7.99. The molecular weight excluding hydrogens is 210 g/mol. The highest BCUT2D eigenvalue weighted by Crippen LogP contribution is 2.02. The molecule has 0 spiro atoms. The van der Waals surface area contributed by atoms with E-state index in [0.717, 1.165) is 24.2 Å². The van der Waals surface area contributed by atoms with Crippen LogP contribution in [0.25, 0.3) is 0 Å². The Morgan fingerprint density at radius 1 is 1.53 bits per heavy atom. The van der Waals surface area contributed by atoms with Crippen molar-refractivity contribution in [2.75, 3.05) is 6.54 Å². The van der Waals surface area contributed by atoms with E-state index in [1.54, 1.807) is 0 Å². The van der Waals surface area contributed by atoms with E-state index in [9.17, 15) is 9.59 Å². The molecule has 0 aromatic carbocycles. The Morgan fingerprint density at radius 3 is 2.60 bits per heavy atom. The third-order valence-corrected chi connectivity index (χ3v) is 3.95. The summed E-state index contributed by atoms with van der Waals surface area (Å²) < 4.78 is 5.22. The monoisotopic (exact) mass is 231 g/mol. The summed E-state index contributed by atoms with van der Waals surface area (Å²) in [7, 11) is -0.359. The fourth-order valence-electron chi connectivity index (χ4n) is 1.18. The lowest BCUT2D eigenvalue weighted by molar-refractivity contribution is -0.116. The van der Waals surface area contributed by atoms with Crippen LogP contribution in [-0.2, 0) is 9.53 Å². The van der Waals surface area contributed by atoms with Crippen molar-refractivity contribution in [1.29, 1.82) is 0 Å². The normalized spacial score (nSPS) is 12.7. The van der Waals surface area contributed by atoms with Crippen molar-refractivity contribution in [2.24, 2.45) is 0 Å². The summed E-state index contributed by atoms with van der Waals surface area (Å²) in [5.74, 6) is 0. The van der Waals surface area contributed by atoms with E-state index in [2.05, 4.69) is 6.55 Å². The van der Waals surface area contributed by atoms with Crippen molar-refractivity contribution in [1.82, 2.24) is 4.90 Å². The van der Waals surface area contributed by atoms with Gasteiger partial charge in [-0.1, -0.05) is 26.8 Å². The Bertz CT molecular complexity index is 195. The van der Waals surface area contributed by atoms with E-state index in [-0.39, 0.29) is 15.2 Å². The van der Waals surface area contributed by atoms with Gasteiger partial charge in [-0.15, -0.1) is 0 Å². The first-order valence-corrected chi connectivity index (χ1v) is 7.85. The molecule has 0 fully saturated rings. The zero-order valence-electron chi connectivity index (χ0n) is 9.86. The van der Waals surface area contributed by atoms with Crippen LogP contribution in [0, 0.1) is 0 Å². The SMILES string of the molecule is CCCCN(C=O)C(=O)OC(CC)[SiH2]C. The van der Waals surface area contributed by atoms with Gasteiger partial charge in [-0.25, -0.2) is 4.79 Å². The van der Waals surface area contributed by atoms with E-state index in [1.807, 2.05) is 13.8 Å². The number of imide groups is 1. The number of rotatable bonds is 7. The second-order valence-electron chi connectivity index (χ2n) is 3.47. The molecule has 0 aliphatic heterocycles. The van der Waals surface area contributed by atoms with Crippen LogP contribution < -0.4 is 0 Å². The summed E-state index contributed by atoms with van der Waals surface area (Å²) in [6.07, 6.45) is 2.70. The average Bonchev–Trinajstić information content (AvgIpc) is 2.26. The van der Waals surface area contributed by atoms with Gasteiger partial charge in [0, 0.05) is 6.54 Å². The molecule has 0 rings (SSSR count). The number of carbonyl (C=O) groups excluding carboxylic acids is 2. The molecule has 15 heavy (non-hydrogen) atoms. The molecule has 2 amide bonds. The summed E-state index contributed by atoms with van der Waals surface area (Å²) in [4.78, 5) is 23.3.